The summed E-state index contributed by atoms with van der Waals surface area (Å²) in [7, 11) is 3.02. The van der Waals surface area contributed by atoms with Gasteiger partial charge in [0, 0.05) is 12.1 Å². The van der Waals surface area contributed by atoms with Crippen LogP contribution < -0.4 is 4.74 Å². The number of esters is 1. The van der Waals surface area contributed by atoms with Crippen molar-refractivity contribution < 1.29 is 14.3 Å². The summed E-state index contributed by atoms with van der Waals surface area (Å²) in [5, 5.41) is 8.99. The highest BCUT2D eigenvalue weighted by Crippen LogP contribution is 2.26. The Labute approximate surface area is 118 Å². The lowest BCUT2D eigenvalue weighted by Gasteiger charge is -2.23. The van der Waals surface area contributed by atoms with Crippen molar-refractivity contribution in [2.45, 2.75) is 25.4 Å². The molecule has 0 N–H and O–H groups in total. The smallest absolute Gasteiger partial charge is 0.323 e. The maximum Gasteiger partial charge on any atom is 0.323 e. The molecule has 1 aliphatic heterocycles. The van der Waals surface area contributed by atoms with Gasteiger partial charge >= 0.3 is 5.97 Å². The minimum absolute atomic E-state index is 0.196. The average molecular weight is 274 g/mol. The van der Waals surface area contributed by atoms with Gasteiger partial charge in [0.05, 0.1) is 25.9 Å². The van der Waals surface area contributed by atoms with E-state index < -0.39 is 0 Å². The molecule has 1 unspecified atom stereocenters. The molecule has 106 valence electrons. The molecule has 0 radical (unpaired) electrons. The normalized spacial score (nSPS) is 18.6. The van der Waals surface area contributed by atoms with Crippen LogP contribution in [0.2, 0.25) is 0 Å². The lowest BCUT2D eigenvalue weighted by atomic mass is 10.1. The molecule has 2 rings (SSSR count). The summed E-state index contributed by atoms with van der Waals surface area (Å²) in [6.07, 6.45) is 1.78. The molecular formula is C15H18N2O3. The fourth-order valence-electron chi connectivity index (χ4n) is 2.61. The molecule has 0 aliphatic carbocycles. The monoisotopic (exact) mass is 274 g/mol. The fraction of sp³-hybridized carbons (Fsp3) is 0.467. The van der Waals surface area contributed by atoms with E-state index in [-0.39, 0.29) is 12.0 Å². The summed E-state index contributed by atoms with van der Waals surface area (Å²) in [5.74, 6) is 0.539. The maximum absolute atomic E-state index is 11.7. The van der Waals surface area contributed by atoms with Crippen LogP contribution in [0.1, 0.15) is 24.0 Å². The second kappa shape index (κ2) is 6.40. The standard InChI is InChI=1S/C15H18N2O3/c1-19-14-6-5-11(9-16)8-12(14)10-17-7-3-4-13(17)15(18)20-2/h5-6,8,13H,3-4,7,10H2,1-2H3. The first-order chi connectivity index (χ1) is 9.69. The van der Waals surface area contributed by atoms with Crippen LogP contribution in [0.4, 0.5) is 0 Å². The van der Waals surface area contributed by atoms with Crippen molar-refractivity contribution in [3.8, 4) is 11.8 Å². The molecule has 5 nitrogen and oxygen atoms in total. The van der Waals surface area contributed by atoms with Gasteiger partial charge < -0.3 is 9.47 Å². The van der Waals surface area contributed by atoms with E-state index in [1.54, 1.807) is 19.2 Å². The molecule has 5 heteroatoms. The Morgan fingerprint density at radius 3 is 2.95 bits per heavy atom. The van der Waals surface area contributed by atoms with Crippen molar-refractivity contribution in [3.63, 3.8) is 0 Å². The first kappa shape index (κ1) is 14.4. The van der Waals surface area contributed by atoms with Crippen molar-refractivity contribution in [1.82, 2.24) is 4.90 Å². The zero-order valence-corrected chi connectivity index (χ0v) is 11.8. The minimum atomic E-state index is -0.199. The molecule has 1 aromatic rings. The third-order valence-corrected chi connectivity index (χ3v) is 3.62. The topological polar surface area (TPSA) is 62.6 Å². The number of benzene rings is 1. The zero-order valence-electron chi connectivity index (χ0n) is 11.8. The zero-order chi connectivity index (χ0) is 14.5. The molecule has 0 aromatic heterocycles. The van der Waals surface area contributed by atoms with Crippen LogP contribution in [0.3, 0.4) is 0 Å². The van der Waals surface area contributed by atoms with Crippen molar-refractivity contribution in [3.05, 3.63) is 29.3 Å². The van der Waals surface area contributed by atoms with Gasteiger partial charge in [-0.05, 0) is 37.6 Å². The van der Waals surface area contributed by atoms with Crippen LogP contribution in [-0.2, 0) is 16.1 Å². The van der Waals surface area contributed by atoms with Gasteiger partial charge in [0.1, 0.15) is 11.8 Å². The SMILES string of the molecule is COC(=O)C1CCCN1Cc1cc(C#N)ccc1OC. The third-order valence-electron chi connectivity index (χ3n) is 3.62. The largest absolute Gasteiger partial charge is 0.496 e. The second-order valence-corrected chi connectivity index (χ2v) is 4.79. The lowest BCUT2D eigenvalue weighted by molar-refractivity contribution is -0.146. The van der Waals surface area contributed by atoms with Crippen LogP contribution in [0.15, 0.2) is 18.2 Å². The Hall–Kier alpha value is -2.06. The molecule has 20 heavy (non-hydrogen) atoms. The molecule has 1 aromatic carbocycles. The molecule has 0 saturated carbocycles. The number of ether oxygens (including phenoxy) is 2. The second-order valence-electron chi connectivity index (χ2n) is 4.79. The van der Waals surface area contributed by atoms with Crippen LogP contribution in [0.5, 0.6) is 5.75 Å². The van der Waals surface area contributed by atoms with E-state index in [4.69, 9.17) is 14.7 Å². The molecule has 0 spiro atoms. The summed E-state index contributed by atoms with van der Waals surface area (Å²) >= 11 is 0. The Kier molecular flexibility index (Phi) is 4.59. The fourth-order valence-corrected chi connectivity index (χ4v) is 2.61. The van der Waals surface area contributed by atoms with Gasteiger partial charge in [0.25, 0.3) is 0 Å². The van der Waals surface area contributed by atoms with Gasteiger partial charge in [0.15, 0.2) is 0 Å². The number of nitriles is 1. The van der Waals surface area contributed by atoms with Crippen molar-refractivity contribution >= 4 is 5.97 Å². The van der Waals surface area contributed by atoms with Crippen molar-refractivity contribution in [2.24, 2.45) is 0 Å². The predicted octanol–water partition coefficient (Wildman–Crippen LogP) is 1.70. The van der Waals surface area contributed by atoms with Crippen LogP contribution in [0.25, 0.3) is 0 Å². The van der Waals surface area contributed by atoms with Gasteiger partial charge in [0.2, 0.25) is 0 Å². The highest BCUT2D eigenvalue weighted by molar-refractivity contribution is 5.76. The molecule has 0 amide bonds. The van der Waals surface area contributed by atoms with Crippen molar-refractivity contribution in [2.75, 3.05) is 20.8 Å². The summed E-state index contributed by atoms with van der Waals surface area (Å²) in [6.45, 7) is 1.43. The molecule has 1 heterocycles. The maximum atomic E-state index is 11.7. The number of rotatable bonds is 4. The quantitative estimate of drug-likeness (QED) is 0.782. The number of methoxy groups -OCH3 is 2. The summed E-state index contributed by atoms with van der Waals surface area (Å²) in [4.78, 5) is 13.8. The van der Waals surface area contributed by atoms with Gasteiger partial charge in [-0.15, -0.1) is 0 Å². The highest BCUT2D eigenvalue weighted by atomic mass is 16.5. The van der Waals surface area contributed by atoms with Gasteiger partial charge in [-0.3, -0.25) is 9.69 Å². The predicted molar refractivity (Wildman–Crippen MR) is 73.2 cm³/mol. The van der Waals surface area contributed by atoms with Crippen LogP contribution in [-0.4, -0.2) is 37.7 Å². The first-order valence-electron chi connectivity index (χ1n) is 6.58. The molecular weight excluding hydrogens is 256 g/mol. The Balaban J connectivity index is 2.20. The van der Waals surface area contributed by atoms with E-state index in [2.05, 4.69) is 11.0 Å². The van der Waals surface area contributed by atoms with E-state index >= 15 is 0 Å². The molecule has 1 saturated heterocycles. The van der Waals surface area contributed by atoms with E-state index in [9.17, 15) is 4.79 Å². The minimum Gasteiger partial charge on any atom is -0.496 e. The van der Waals surface area contributed by atoms with E-state index in [0.717, 1.165) is 30.7 Å². The number of hydrogen-bond donors (Lipinski definition) is 0. The summed E-state index contributed by atoms with van der Waals surface area (Å²) in [5.41, 5.74) is 1.51. The van der Waals surface area contributed by atoms with Crippen molar-refractivity contribution in [1.29, 1.82) is 5.26 Å². The van der Waals surface area contributed by atoms with Crippen LogP contribution >= 0.6 is 0 Å². The van der Waals surface area contributed by atoms with Gasteiger partial charge in [-0.25, -0.2) is 0 Å². The van der Waals surface area contributed by atoms with E-state index in [1.165, 1.54) is 7.11 Å². The number of hydrogen-bond acceptors (Lipinski definition) is 5. The number of nitrogens with zero attached hydrogens (tertiary/aromatic N) is 2. The van der Waals surface area contributed by atoms with E-state index in [0.29, 0.717) is 12.1 Å². The number of likely N-dealkylation sites (tertiary alicyclic amines) is 1. The van der Waals surface area contributed by atoms with Crippen LogP contribution in [0, 0.1) is 11.3 Å². The average Bonchev–Trinajstić information content (AvgIpc) is 2.94. The highest BCUT2D eigenvalue weighted by Gasteiger charge is 2.31. The third kappa shape index (κ3) is 2.91. The molecule has 1 aliphatic rings. The summed E-state index contributed by atoms with van der Waals surface area (Å²) in [6, 6.07) is 7.25. The number of carbonyl (C=O) groups is 1. The Bertz CT molecular complexity index is 536. The summed E-state index contributed by atoms with van der Waals surface area (Å²) < 4.78 is 10.2. The van der Waals surface area contributed by atoms with E-state index in [1.807, 2.05) is 6.07 Å². The Morgan fingerprint density at radius 1 is 1.50 bits per heavy atom. The van der Waals surface area contributed by atoms with Gasteiger partial charge in [-0.2, -0.15) is 5.26 Å². The van der Waals surface area contributed by atoms with Gasteiger partial charge in [-0.1, -0.05) is 0 Å². The molecule has 1 fully saturated rings. The molecule has 0 bridgehead atoms. The Morgan fingerprint density at radius 2 is 2.30 bits per heavy atom. The number of carbonyl (C=O) groups excluding carboxylic acids is 1. The molecule has 1 atom stereocenters. The first-order valence-corrected chi connectivity index (χ1v) is 6.58. The lowest BCUT2D eigenvalue weighted by Crippen LogP contribution is -2.36.